The Hall–Kier alpha value is -4.20. The van der Waals surface area contributed by atoms with Crippen LogP contribution in [0.3, 0.4) is 0 Å². The number of aromatic nitrogens is 5. The summed E-state index contributed by atoms with van der Waals surface area (Å²) < 4.78 is 4.28. The van der Waals surface area contributed by atoms with Crippen LogP contribution in [0.2, 0.25) is 0 Å². The van der Waals surface area contributed by atoms with Crippen LogP contribution in [0.15, 0.2) is 71.8 Å². The van der Waals surface area contributed by atoms with Gasteiger partial charge in [-0.3, -0.25) is 4.79 Å². The van der Waals surface area contributed by atoms with Crippen molar-refractivity contribution in [1.82, 2.24) is 23.8 Å². The van der Waals surface area contributed by atoms with Crippen LogP contribution in [0.4, 0.5) is 5.69 Å². The van der Waals surface area contributed by atoms with Crippen molar-refractivity contribution in [3.8, 4) is 11.3 Å². The molecule has 3 heterocycles. The second-order valence-electron chi connectivity index (χ2n) is 7.50. The molecule has 0 radical (unpaired) electrons. The number of benzene rings is 2. The van der Waals surface area contributed by atoms with Gasteiger partial charge in [0.05, 0.1) is 5.69 Å². The van der Waals surface area contributed by atoms with Crippen LogP contribution in [0, 0.1) is 13.8 Å². The molecule has 1 N–H and O–H groups in total. The number of nitrogens with zero attached hydrogens (tertiary/aromatic N) is 5. The van der Waals surface area contributed by atoms with Gasteiger partial charge in [0.15, 0.2) is 5.65 Å². The lowest BCUT2D eigenvalue weighted by Gasteiger charge is -2.07. The summed E-state index contributed by atoms with van der Waals surface area (Å²) in [5.41, 5.74) is 5.43. The number of carbonyl (C=O) groups is 1. The number of nitrogens with one attached hydrogen (secondary N) is 1. The molecule has 2 aromatic carbocycles. The van der Waals surface area contributed by atoms with E-state index < -0.39 is 0 Å². The Morgan fingerprint density at radius 3 is 2.55 bits per heavy atom. The fraction of sp³-hybridized carbons (Fsp3) is 0.130. The third kappa shape index (κ3) is 3.38. The number of carbonyl (C=O) groups excluding carboxylic acids is 1. The van der Waals surface area contributed by atoms with Crippen molar-refractivity contribution in [1.29, 1.82) is 0 Å². The van der Waals surface area contributed by atoms with E-state index in [0.717, 1.165) is 22.4 Å². The molecule has 0 bridgehead atoms. The zero-order valence-corrected chi connectivity index (χ0v) is 17.1. The van der Waals surface area contributed by atoms with E-state index in [2.05, 4.69) is 15.5 Å². The maximum absolute atomic E-state index is 12.8. The topological polar surface area (TPSA) is 85.7 Å². The van der Waals surface area contributed by atoms with Crippen molar-refractivity contribution in [3.05, 3.63) is 88.6 Å². The Bertz CT molecular complexity index is 1490. The molecular formula is C23H20N6O2. The molecule has 0 unspecified atom stereocenters. The van der Waals surface area contributed by atoms with E-state index in [1.807, 2.05) is 68.4 Å². The molecule has 1 amide bonds. The van der Waals surface area contributed by atoms with Gasteiger partial charge in [0.25, 0.3) is 0 Å². The summed E-state index contributed by atoms with van der Waals surface area (Å²) in [6, 6.07) is 17.4. The molecule has 0 saturated carbocycles. The van der Waals surface area contributed by atoms with Crippen LogP contribution in [-0.4, -0.2) is 29.7 Å². The molecule has 8 nitrogen and oxygen atoms in total. The third-order valence-electron chi connectivity index (χ3n) is 5.35. The van der Waals surface area contributed by atoms with Crippen molar-refractivity contribution in [2.75, 3.05) is 5.32 Å². The summed E-state index contributed by atoms with van der Waals surface area (Å²) in [4.78, 5) is 25.3. The predicted octanol–water partition coefficient (Wildman–Crippen LogP) is 3.07. The lowest BCUT2D eigenvalue weighted by molar-refractivity contribution is -0.117. The Morgan fingerprint density at radius 1 is 0.968 bits per heavy atom. The summed E-state index contributed by atoms with van der Waals surface area (Å²) in [5.74, 6) is -0.316. The highest BCUT2D eigenvalue weighted by atomic mass is 16.2. The minimum Gasteiger partial charge on any atom is -0.324 e. The van der Waals surface area contributed by atoms with E-state index in [4.69, 9.17) is 0 Å². The fourth-order valence-corrected chi connectivity index (χ4v) is 3.54. The maximum Gasteiger partial charge on any atom is 0.350 e. The summed E-state index contributed by atoms with van der Waals surface area (Å²) in [5, 5.41) is 11.8. The number of amides is 1. The minimum atomic E-state index is -0.379. The van der Waals surface area contributed by atoms with Crippen LogP contribution < -0.4 is 11.0 Å². The highest BCUT2D eigenvalue weighted by Crippen LogP contribution is 2.21. The van der Waals surface area contributed by atoms with Gasteiger partial charge >= 0.3 is 5.69 Å². The Kier molecular flexibility index (Phi) is 4.39. The molecule has 0 aliphatic carbocycles. The molecule has 0 fully saturated rings. The lowest BCUT2D eigenvalue weighted by atomic mass is 10.1. The normalized spacial score (nSPS) is 11.3. The van der Waals surface area contributed by atoms with Gasteiger partial charge in [-0.05, 0) is 43.2 Å². The molecular weight excluding hydrogens is 392 g/mol. The largest absolute Gasteiger partial charge is 0.350 e. The van der Waals surface area contributed by atoms with Gasteiger partial charge in [0.1, 0.15) is 12.1 Å². The predicted molar refractivity (Wildman–Crippen MR) is 118 cm³/mol. The molecule has 8 heteroatoms. The second kappa shape index (κ2) is 7.24. The monoisotopic (exact) mass is 412 g/mol. The molecule has 0 atom stereocenters. The maximum atomic E-state index is 12.8. The molecule has 5 rings (SSSR count). The van der Waals surface area contributed by atoms with Crippen molar-refractivity contribution >= 4 is 22.8 Å². The number of anilines is 1. The van der Waals surface area contributed by atoms with Gasteiger partial charge < -0.3 is 5.32 Å². The summed E-state index contributed by atoms with van der Waals surface area (Å²) >= 11 is 0. The molecule has 0 saturated heterocycles. The Labute approximate surface area is 177 Å². The second-order valence-corrected chi connectivity index (χ2v) is 7.50. The SMILES string of the molecule is Cc1ccc(NC(=O)Cn2nc3c4cc(-c5ccccc5)nn4ccn3c2=O)cc1C. The zero-order chi connectivity index (χ0) is 21.5. The average molecular weight is 412 g/mol. The summed E-state index contributed by atoms with van der Waals surface area (Å²) in [6.07, 6.45) is 3.31. The van der Waals surface area contributed by atoms with E-state index in [9.17, 15) is 9.59 Å². The van der Waals surface area contributed by atoms with Gasteiger partial charge in [-0.15, -0.1) is 5.10 Å². The van der Waals surface area contributed by atoms with Gasteiger partial charge in [-0.2, -0.15) is 5.10 Å². The van der Waals surface area contributed by atoms with Crippen LogP contribution in [0.1, 0.15) is 11.1 Å². The quantitative estimate of drug-likeness (QED) is 0.492. The van der Waals surface area contributed by atoms with E-state index in [-0.39, 0.29) is 18.1 Å². The first-order valence-electron chi connectivity index (χ1n) is 9.90. The standard InChI is InChI=1S/C23H20N6O2/c1-15-8-9-18(12-16(15)2)24-21(30)14-29-23(31)27-10-11-28-20(22(27)26-29)13-19(25-28)17-6-4-3-5-7-17/h3-13H,14H2,1-2H3,(H,24,30). The van der Waals surface area contributed by atoms with Crippen LogP contribution >= 0.6 is 0 Å². The van der Waals surface area contributed by atoms with Gasteiger partial charge in [0, 0.05) is 23.6 Å². The highest BCUT2D eigenvalue weighted by Gasteiger charge is 2.15. The Morgan fingerprint density at radius 2 is 1.77 bits per heavy atom. The zero-order valence-electron chi connectivity index (χ0n) is 17.1. The molecule has 154 valence electrons. The number of aryl methyl sites for hydroxylation is 2. The van der Waals surface area contributed by atoms with Crippen LogP contribution in [-0.2, 0) is 11.3 Å². The van der Waals surface area contributed by atoms with Crippen molar-refractivity contribution in [2.45, 2.75) is 20.4 Å². The highest BCUT2D eigenvalue weighted by molar-refractivity contribution is 5.90. The summed E-state index contributed by atoms with van der Waals surface area (Å²) in [6.45, 7) is 3.81. The van der Waals surface area contributed by atoms with E-state index >= 15 is 0 Å². The molecule has 0 aliphatic rings. The van der Waals surface area contributed by atoms with Gasteiger partial charge in [-0.25, -0.2) is 18.4 Å². The number of rotatable bonds is 4. The minimum absolute atomic E-state index is 0.181. The average Bonchev–Trinajstić information content (AvgIpc) is 3.33. The first-order chi connectivity index (χ1) is 15.0. The molecule has 5 aromatic rings. The van der Waals surface area contributed by atoms with Crippen LogP contribution in [0.5, 0.6) is 0 Å². The van der Waals surface area contributed by atoms with Gasteiger partial charge in [-0.1, -0.05) is 36.4 Å². The van der Waals surface area contributed by atoms with Crippen molar-refractivity contribution in [2.24, 2.45) is 0 Å². The van der Waals surface area contributed by atoms with E-state index in [0.29, 0.717) is 16.9 Å². The number of hydrogen-bond acceptors (Lipinski definition) is 4. The molecule has 3 aromatic heterocycles. The molecule has 31 heavy (non-hydrogen) atoms. The van der Waals surface area contributed by atoms with Crippen LogP contribution in [0.25, 0.3) is 22.4 Å². The molecule has 0 spiro atoms. The fourth-order valence-electron chi connectivity index (χ4n) is 3.54. The number of fused-ring (bicyclic) bond motifs is 3. The first kappa shape index (κ1) is 18.8. The molecule has 0 aliphatic heterocycles. The van der Waals surface area contributed by atoms with E-state index in [1.54, 1.807) is 16.9 Å². The third-order valence-corrected chi connectivity index (χ3v) is 5.35. The van der Waals surface area contributed by atoms with E-state index in [1.165, 1.54) is 9.08 Å². The smallest absolute Gasteiger partial charge is 0.324 e. The number of hydrogen-bond donors (Lipinski definition) is 1. The summed E-state index contributed by atoms with van der Waals surface area (Å²) in [7, 11) is 0. The van der Waals surface area contributed by atoms with Crippen molar-refractivity contribution < 1.29 is 4.79 Å². The first-order valence-corrected chi connectivity index (χ1v) is 9.90. The lowest BCUT2D eigenvalue weighted by Crippen LogP contribution is -2.28. The van der Waals surface area contributed by atoms with Gasteiger partial charge in [0.2, 0.25) is 5.91 Å². The van der Waals surface area contributed by atoms with Crippen molar-refractivity contribution in [3.63, 3.8) is 0 Å². The Balaban J connectivity index is 1.48.